The van der Waals surface area contributed by atoms with Gasteiger partial charge in [0.05, 0.1) is 57.3 Å². The van der Waals surface area contributed by atoms with Crippen LogP contribution in [0, 0.1) is 0 Å². The summed E-state index contributed by atoms with van der Waals surface area (Å²) in [7, 11) is 6.23. The summed E-state index contributed by atoms with van der Waals surface area (Å²) in [5.74, 6) is 2.15. The van der Waals surface area contributed by atoms with Crippen molar-refractivity contribution in [1.82, 2.24) is 9.88 Å². The zero-order valence-corrected chi connectivity index (χ0v) is 28.2. The number of fused-ring (bicyclic) bond motifs is 4. The van der Waals surface area contributed by atoms with E-state index in [0.717, 1.165) is 46.2 Å². The maximum absolute atomic E-state index is 13.7. The fraction of sp³-hybridized carbons (Fsp3) is 0.205. The third kappa shape index (κ3) is 6.38. The minimum absolute atomic E-state index is 0.207. The van der Waals surface area contributed by atoms with Gasteiger partial charge in [-0.2, -0.15) is 0 Å². The van der Waals surface area contributed by atoms with Gasteiger partial charge in [-0.25, -0.2) is 0 Å². The molecule has 7 rings (SSSR count). The zero-order chi connectivity index (χ0) is 34.8. The third-order valence-corrected chi connectivity index (χ3v) is 8.91. The number of hydrogen-bond donors (Lipinski definition) is 2. The number of nitrogens with one attached hydrogen (secondary N) is 2. The first kappa shape index (κ1) is 32.5. The highest BCUT2D eigenvalue weighted by Gasteiger charge is 2.25. The molecule has 0 radical (unpaired) electrons. The van der Waals surface area contributed by atoms with Crippen LogP contribution in [0.15, 0.2) is 89.5 Å². The number of aromatic nitrogens is 1. The Labute approximate surface area is 288 Å². The normalized spacial score (nSPS) is 12.7. The van der Waals surface area contributed by atoms with Gasteiger partial charge in [-0.05, 0) is 48.4 Å². The molecule has 50 heavy (non-hydrogen) atoms. The number of anilines is 2. The number of carbonyl (C=O) groups excluding carboxylic acids is 2. The fourth-order valence-corrected chi connectivity index (χ4v) is 6.32. The van der Waals surface area contributed by atoms with Crippen LogP contribution in [0.1, 0.15) is 37.6 Å². The Kier molecular flexibility index (Phi) is 8.97. The average molecular weight is 673 g/mol. The molecule has 254 valence electrons. The molecule has 3 heterocycles. The van der Waals surface area contributed by atoms with Crippen molar-refractivity contribution >= 4 is 45.1 Å². The van der Waals surface area contributed by atoms with Crippen LogP contribution in [-0.4, -0.2) is 56.7 Å². The molecular weight excluding hydrogens is 636 g/mol. The van der Waals surface area contributed by atoms with Crippen molar-refractivity contribution in [3.8, 4) is 23.0 Å². The lowest BCUT2D eigenvalue weighted by Gasteiger charge is -2.26. The summed E-state index contributed by atoms with van der Waals surface area (Å²) < 4.78 is 28.1. The molecule has 0 saturated heterocycles. The second kappa shape index (κ2) is 13.8. The predicted octanol–water partition coefficient (Wildman–Crippen LogP) is 7.08. The number of benzene rings is 4. The molecule has 0 spiro atoms. The largest absolute Gasteiger partial charge is 0.493 e. The fourth-order valence-electron chi connectivity index (χ4n) is 6.32. The predicted molar refractivity (Wildman–Crippen MR) is 191 cm³/mol. The van der Waals surface area contributed by atoms with Crippen molar-refractivity contribution in [1.29, 1.82) is 0 Å². The summed E-state index contributed by atoms with van der Waals surface area (Å²) in [6, 6.07) is 24.0. The molecule has 0 fully saturated rings. The standard InChI is InChI=1S/C39H36N4O7/c1-46-33-16-28-27-13-14-43(22-37(27)50-32(28)19-36(33)49-4)21-23-9-11-26(12-10-23)41-39(45)29-17-34(47-2)35(48-3)18-31(29)42-38(44)25-15-24-7-5-6-8-30(24)40-20-25/h5-12,15-20H,13-14,21-22H2,1-4H3,(H,41,45)(H,42,44). The Hall–Kier alpha value is -6.07. The van der Waals surface area contributed by atoms with Crippen LogP contribution in [0.4, 0.5) is 11.4 Å². The minimum Gasteiger partial charge on any atom is -0.493 e. The van der Waals surface area contributed by atoms with E-state index in [4.69, 9.17) is 23.4 Å². The zero-order valence-electron chi connectivity index (χ0n) is 28.2. The van der Waals surface area contributed by atoms with E-state index in [0.29, 0.717) is 47.3 Å². The highest BCUT2D eigenvalue weighted by molar-refractivity contribution is 6.13. The number of methoxy groups -OCH3 is 4. The van der Waals surface area contributed by atoms with Crippen LogP contribution < -0.4 is 29.6 Å². The summed E-state index contributed by atoms with van der Waals surface area (Å²) in [4.78, 5) is 33.7. The van der Waals surface area contributed by atoms with Gasteiger partial charge in [0, 0.05) is 53.4 Å². The van der Waals surface area contributed by atoms with Gasteiger partial charge in [-0.3, -0.25) is 19.5 Å². The van der Waals surface area contributed by atoms with Crippen LogP contribution >= 0.6 is 0 Å². The first-order valence-electron chi connectivity index (χ1n) is 16.1. The van der Waals surface area contributed by atoms with E-state index >= 15 is 0 Å². The maximum atomic E-state index is 13.7. The van der Waals surface area contributed by atoms with Crippen LogP contribution in [0.2, 0.25) is 0 Å². The van der Waals surface area contributed by atoms with Gasteiger partial charge in [-0.1, -0.05) is 30.3 Å². The van der Waals surface area contributed by atoms with Crippen LogP contribution in [0.5, 0.6) is 23.0 Å². The number of hydrogen-bond acceptors (Lipinski definition) is 9. The average Bonchev–Trinajstić information content (AvgIpc) is 3.50. The number of nitrogens with zero attached hydrogens (tertiary/aromatic N) is 2. The highest BCUT2D eigenvalue weighted by atomic mass is 16.5. The topological polar surface area (TPSA) is 124 Å². The molecule has 6 aromatic rings. The van der Waals surface area contributed by atoms with Gasteiger partial charge in [0.1, 0.15) is 11.3 Å². The Morgan fingerprint density at radius 2 is 1.50 bits per heavy atom. The lowest BCUT2D eigenvalue weighted by molar-refractivity contribution is 0.102. The lowest BCUT2D eigenvalue weighted by Crippen LogP contribution is -2.29. The number of rotatable bonds is 10. The number of ether oxygens (including phenoxy) is 4. The van der Waals surface area contributed by atoms with E-state index in [9.17, 15) is 9.59 Å². The molecule has 1 aliphatic heterocycles. The molecule has 4 aromatic carbocycles. The van der Waals surface area contributed by atoms with Gasteiger partial charge in [0.25, 0.3) is 11.8 Å². The van der Waals surface area contributed by atoms with E-state index < -0.39 is 11.8 Å². The van der Waals surface area contributed by atoms with Crippen molar-refractivity contribution in [2.45, 2.75) is 19.5 Å². The molecule has 2 amide bonds. The summed E-state index contributed by atoms with van der Waals surface area (Å²) in [5.41, 5.74) is 5.29. The van der Waals surface area contributed by atoms with Gasteiger partial charge in [-0.15, -0.1) is 0 Å². The Balaban J connectivity index is 1.05. The van der Waals surface area contributed by atoms with Crippen molar-refractivity contribution in [3.63, 3.8) is 0 Å². The second-order valence-corrected chi connectivity index (χ2v) is 11.9. The smallest absolute Gasteiger partial charge is 0.257 e. The van der Waals surface area contributed by atoms with Gasteiger partial charge < -0.3 is 34.0 Å². The Morgan fingerprint density at radius 3 is 2.26 bits per heavy atom. The first-order valence-corrected chi connectivity index (χ1v) is 16.1. The van der Waals surface area contributed by atoms with E-state index in [1.54, 1.807) is 32.4 Å². The van der Waals surface area contributed by atoms with Crippen LogP contribution in [0.25, 0.3) is 21.9 Å². The summed E-state index contributed by atoms with van der Waals surface area (Å²) in [6.07, 6.45) is 2.36. The molecule has 11 nitrogen and oxygen atoms in total. The molecule has 0 saturated carbocycles. The second-order valence-electron chi connectivity index (χ2n) is 11.9. The summed E-state index contributed by atoms with van der Waals surface area (Å²) >= 11 is 0. The number of pyridine rings is 1. The molecule has 11 heteroatoms. The van der Waals surface area contributed by atoms with Crippen molar-refractivity contribution < 1.29 is 33.0 Å². The first-order chi connectivity index (χ1) is 24.4. The number of amides is 2. The third-order valence-electron chi connectivity index (χ3n) is 8.91. The molecule has 0 atom stereocenters. The molecule has 0 aliphatic carbocycles. The number of furan rings is 1. The SMILES string of the molecule is COc1cc(NC(=O)c2cnc3ccccc3c2)c(C(=O)Nc2ccc(CN3CCc4c(oc5cc(OC)c(OC)cc45)C3)cc2)cc1OC. The van der Waals surface area contributed by atoms with Crippen molar-refractivity contribution in [2.24, 2.45) is 0 Å². The van der Waals surface area contributed by atoms with Gasteiger partial charge in [0.15, 0.2) is 23.0 Å². The van der Waals surface area contributed by atoms with Crippen molar-refractivity contribution in [3.05, 3.63) is 113 Å². The Bertz CT molecular complexity index is 2230. The van der Waals surface area contributed by atoms with Crippen LogP contribution in [-0.2, 0) is 19.5 Å². The highest BCUT2D eigenvalue weighted by Crippen LogP contribution is 2.39. The molecule has 1 aliphatic rings. The van der Waals surface area contributed by atoms with E-state index in [1.165, 1.54) is 26.0 Å². The summed E-state index contributed by atoms with van der Waals surface area (Å²) in [6.45, 7) is 2.26. The minimum atomic E-state index is -0.424. The quantitative estimate of drug-likeness (QED) is 0.157. The van der Waals surface area contributed by atoms with E-state index in [-0.39, 0.29) is 11.3 Å². The molecule has 0 unspecified atom stereocenters. The lowest BCUT2D eigenvalue weighted by atomic mass is 10.0. The molecule has 2 N–H and O–H groups in total. The monoisotopic (exact) mass is 672 g/mol. The number of para-hydroxylation sites is 1. The summed E-state index contributed by atoms with van der Waals surface area (Å²) in [5, 5.41) is 7.70. The molecule has 2 aromatic heterocycles. The van der Waals surface area contributed by atoms with Gasteiger partial charge >= 0.3 is 0 Å². The Morgan fingerprint density at radius 1 is 0.800 bits per heavy atom. The van der Waals surface area contributed by atoms with E-state index in [1.807, 2.05) is 60.7 Å². The van der Waals surface area contributed by atoms with Crippen molar-refractivity contribution in [2.75, 3.05) is 45.6 Å². The van der Waals surface area contributed by atoms with Crippen LogP contribution in [0.3, 0.4) is 0 Å². The molecule has 0 bridgehead atoms. The van der Waals surface area contributed by atoms with E-state index in [2.05, 4.69) is 20.5 Å². The maximum Gasteiger partial charge on any atom is 0.257 e. The molecular formula is C39H36N4O7. The van der Waals surface area contributed by atoms with Gasteiger partial charge in [0.2, 0.25) is 0 Å². The number of carbonyl (C=O) groups is 2.